The van der Waals surface area contributed by atoms with Gasteiger partial charge in [0.1, 0.15) is 0 Å². The average molecular weight is 124 g/mol. The van der Waals surface area contributed by atoms with Gasteiger partial charge in [0.15, 0.2) is 0 Å². The summed E-state index contributed by atoms with van der Waals surface area (Å²) in [6, 6.07) is 2.21. The van der Waals surface area contributed by atoms with E-state index in [0.717, 1.165) is 0 Å². The number of aromatic amines is 1. The molecule has 1 rings (SSSR count). The van der Waals surface area contributed by atoms with Crippen LogP contribution in [0.15, 0.2) is 12.3 Å². The molecule has 3 N–H and O–H groups in total. The highest BCUT2D eigenvalue weighted by Crippen LogP contribution is 2.09. The third-order valence-electron chi connectivity index (χ3n) is 1.38. The predicted molar refractivity (Wildman–Crippen MR) is 38.1 cm³/mol. The monoisotopic (exact) mass is 124 g/mol. The lowest BCUT2D eigenvalue weighted by Gasteiger charge is -1.97. The van der Waals surface area contributed by atoms with Crippen molar-refractivity contribution in [3.63, 3.8) is 0 Å². The maximum absolute atomic E-state index is 5.61. The minimum absolute atomic E-state index is 0.148. The van der Waals surface area contributed by atoms with E-state index in [2.05, 4.69) is 11.1 Å². The fourth-order valence-corrected chi connectivity index (χ4v) is 0.793. The van der Waals surface area contributed by atoms with E-state index >= 15 is 0 Å². The van der Waals surface area contributed by atoms with Crippen LogP contribution in [0.5, 0.6) is 0 Å². The van der Waals surface area contributed by atoms with E-state index in [9.17, 15) is 0 Å². The molecule has 0 spiro atoms. The Hall–Kier alpha value is -0.760. The Labute approximate surface area is 55.1 Å². The molecule has 0 unspecified atom stereocenters. The van der Waals surface area contributed by atoms with Gasteiger partial charge in [-0.3, -0.25) is 0 Å². The molecule has 2 heteroatoms. The molecule has 2 nitrogen and oxygen atoms in total. The zero-order chi connectivity index (χ0) is 6.85. The van der Waals surface area contributed by atoms with Crippen LogP contribution in [0.25, 0.3) is 0 Å². The molecule has 0 radical (unpaired) electrons. The van der Waals surface area contributed by atoms with Crippen molar-refractivity contribution in [1.29, 1.82) is 0 Å². The Balaban J connectivity index is 2.85. The second-order valence-corrected chi connectivity index (χ2v) is 2.40. The highest BCUT2D eigenvalue weighted by atomic mass is 14.7. The number of aromatic nitrogens is 1. The summed E-state index contributed by atoms with van der Waals surface area (Å²) in [6.45, 7) is 3.99. The van der Waals surface area contributed by atoms with E-state index in [1.165, 1.54) is 11.3 Å². The fraction of sp³-hybridized carbons (Fsp3) is 0.429. The first kappa shape index (κ1) is 6.36. The van der Waals surface area contributed by atoms with Crippen molar-refractivity contribution in [2.45, 2.75) is 19.9 Å². The smallest absolute Gasteiger partial charge is 0.0281 e. The van der Waals surface area contributed by atoms with Crippen molar-refractivity contribution in [3.8, 4) is 0 Å². The second-order valence-electron chi connectivity index (χ2n) is 2.40. The quantitative estimate of drug-likeness (QED) is 0.583. The second kappa shape index (κ2) is 2.23. The lowest BCUT2D eigenvalue weighted by atomic mass is 10.2. The van der Waals surface area contributed by atoms with Gasteiger partial charge in [0, 0.05) is 17.9 Å². The third kappa shape index (κ3) is 1.33. The molecule has 1 atom stereocenters. The molecule has 1 aromatic rings. The van der Waals surface area contributed by atoms with Crippen LogP contribution in [0.2, 0.25) is 0 Å². The van der Waals surface area contributed by atoms with Crippen molar-refractivity contribution in [2.24, 2.45) is 5.73 Å². The van der Waals surface area contributed by atoms with Gasteiger partial charge in [0.25, 0.3) is 0 Å². The molecule has 1 heterocycles. The summed E-state index contributed by atoms with van der Waals surface area (Å²) in [5.41, 5.74) is 7.95. The fourth-order valence-electron chi connectivity index (χ4n) is 0.793. The van der Waals surface area contributed by atoms with E-state index in [1.807, 2.05) is 20.0 Å². The number of nitrogens with one attached hydrogen (secondary N) is 1. The number of aryl methyl sites for hydroxylation is 1. The van der Waals surface area contributed by atoms with Crippen LogP contribution in [0, 0.1) is 6.92 Å². The van der Waals surface area contributed by atoms with Crippen LogP contribution in [0.3, 0.4) is 0 Å². The summed E-state index contributed by atoms with van der Waals surface area (Å²) < 4.78 is 0. The van der Waals surface area contributed by atoms with Gasteiger partial charge in [-0.25, -0.2) is 0 Å². The maximum atomic E-state index is 5.61. The van der Waals surface area contributed by atoms with Crippen molar-refractivity contribution < 1.29 is 0 Å². The highest BCUT2D eigenvalue weighted by molar-refractivity contribution is 5.18. The summed E-state index contributed by atoms with van der Waals surface area (Å²) in [5.74, 6) is 0. The minimum atomic E-state index is 0.148. The maximum Gasteiger partial charge on any atom is 0.0281 e. The van der Waals surface area contributed by atoms with Gasteiger partial charge < -0.3 is 10.7 Å². The van der Waals surface area contributed by atoms with Crippen molar-refractivity contribution in [1.82, 2.24) is 4.98 Å². The Morgan fingerprint density at radius 1 is 1.67 bits per heavy atom. The molecule has 0 aliphatic rings. The molecule has 0 saturated heterocycles. The van der Waals surface area contributed by atoms with Gasteiger partial charge in [-0.2, -0.15) is 0 Å². The zero-order valence-corrected chi connectivity index (χ0v) is 5.81. The highest BCUT2D eigenvalue weighted by Gasteiger charge is 1.98. The number of H-pyrrole nitrogens is 1. The standard InChI is InChI=1S/C7H12N2/c1-5-3-7(4-9-5)6(2)8/h3-4,6,9H,8H2,1-2H3/t6-/m1/s1. The number of rotatable bonds is 1. The minimum Gasteiger partial charge on any atom is -0.365 e. The Kier molecular flexibility index (Phi) is 1.58. The Morgan fingerprint density at radius 2 is 2.33 bits per heavy atom. The molecule has 9 heavy (non-hydrogen) atoms. The molecular formula is C7H12N2. The van der Waals surface area contributed by atoms with Gasteiger partial charge in [-0.15, -0.1) is 0 Å². The lowest BCUT2D eigenvalue weighted by Crippen LogP contribution is -2.02. The molecule has 0 saturated carbocycles. The number of hydrogen-bond acceptors (Lipinski definition) is 1. The summed E-state index contributed by atoms with van der Waals surface area (Å²) in [4.78, 5) is 3.07. The van der Waals surface area contributed by atoms with E-state index in [4.69, 9.17) is 5.73 Å². The lowest BCUT2D eigenvalue weighted by molar-refractivity contribution is 0.820. The van der Waals surface area contributed by atoms with Gasteiger partial charge in [0.05, 0.1) is 0 Å². The van der Waals surface area contributed by atoms with Crippen LogP contribution >= 0.6 is 0 Å². The zero-order valence-electron chi connectivity index (χ0n) is 5.81. The van der Waals surface area contributed by atoms with Crippen LogP contribution < -0.4 is 5.73 Å². The molecule has 50 valence electrons. The molecule has 1 aromatic heterocycles. The molecule has 0 aromatic carbocycles. The first-order valence-electron chi connectivity index (χ1n) is 3.10. The van der Waals surface area contributed by atoms with E-state index in [0.29, 0.717) is 0 Å². The van der Waals surface area contributed by atoms with Crippen molar-refractivity contribution in [2.75, 3.05) is 0 Å². The molecular weight excluding hydrogens is 112 g/mol. The SMILES string of the molecule is Cc1cc([C@@H](C)N)c[nH]1. The van der Waals surface area contributed by atoms with Crippen LogP contribution in [0.4, 0.5) is 0 Å². The van der Waals surface area contributed by atoms with Crippen molar-refractivity contribution in [3.05, 3.63) is 23.5 Å². The summed E-state index contributed by atoms with van der Waals surface area (Å²) in [6.07, 6.45) is 1.94. The molecule has 0 amide bonds. The van der Waals surface area contributed by atoms with E-state index < -0.39 is 0 Å². The number of nitrogens with two attached hydrogens (primary N) is 1. The van der Waals surface area contributed by atoms with Gasteiger partial charge in [-0.05, 0) is 25.5 Å². The summed E-state index contributed by atoms with van der Waals surface area (Å²) in [5, 5.41) is 0. The topological polar surface area (TPSA) is 41.8 Å². The van der Waals surface area contributed by atoms with Crippen LogP contribution in [-0.2, 0) is 0 Å². The van der Waals surface area contributed by atoms with Gasteiger partial charge in [0.2, 0.25) is 0 Å². The largest absolute Gasteiger partial charge is 0.365 e. The normalized spacial score (nSPS) is 13.7. The summed E-state index contributed by atoms with van der Waals surface area (Å²) >= 11 is 0. The van der Waals surface area contributed by atoms with Crippen LogP contribution in [0.1, 0.15) is 24.2 Å². The molecule has 0 aliphatic carbocycles. The first-order chi connectivity index (χ1) is 4.20. The van der Waals surface area contributed by atoms with Crippen LogP contribution in [-0.4, -0.2) is 4.98 Å². The van der Waals surface area contributed by atoms with Crippen molar-refractivity contribution >= 4 is 0 Å². The number of hydrogen-bond donors (Lipinski definition) is 2. The first-order valence-corrected chi connectivity index (χ1v) is 3.10. The Bertz CT molecular complexity index is 189. The summed E-state index contributed by atoms with van der Waals surface area (Å²) in [7, 11) is 0. The Morgan fingerprint density at radius 3 is 2.56 bits per heavy atom. The predicted octanol–water partition coefficient (Wildman–Crippen LogP) is 1.34. The van der Waals surface area contributed by atoms with E-state index in [1.54, 1.807) is 0 Å². The van der Waals surface area contributed by atoms with Gasteiger partial charge >= 0.3 is 0 Å². The molecule has 0 fully saturated rings. The van der Waals surface area contributed by atoms with Gasteiger partial charge in [-0.1, -0.05) is 0 Å². The average Bonchev–Trinajstić information content (AvgIpc) is 2.14. The molecule has 0 bridgehead atoms. The van der Waals surface area contributed by atoms with E-state index in [-0.39, 0.29) is 6.04 Å². The third-order valence-corrected chi connectivity index (χ3v) is 1.38. The molecule has 0 aliphatic heterocycles.